The fourth-order valence-electron chi connectivity index (χ4n) is 2.71. The van der Waals surface area contributed by atoms with E-state index in [0.717, 1.165) is 33.7 Å². The molecule has 1 aromatic heterocycles. The first kappa shape index (κ1) is 17.4. The van der Waals surface area contributed by atoms with E-state index in [1.807, 2.05) is 56.3 Å². The van der Waals surface area contributed by atoms with Gasteiger partial charge in [0.15, 0.2) is 0 Å². The highest BCUT2D eigenvalue weighted by molar-refractivity contribution is 5.96. The fraction of sp³-hybridized carbons (Fsp3) is 0.150. The van der Waals surface area contributed by atoms with Crippen LogP contribution in [0, 0.1) is 13.8 Å². The van der Waals surface area contributed by atoms with E-state index in [1.165, 1.54) is 0 Å². The minimum atomic E-state index is -0.248. The predicted octanol–water partition coefficient (Wildman–Crippen LogP) is 3.47. The van der Waals surface area contributed by atoms with Crippen molar-refractivity contribution in [2.24, 2.45) is 5.10 Å². The Kier molecular flexibility index (Phi) is 5.12. The third-order valence-electron chi connectivity index (χ3n) is 3.90. The molecule has 3 rings (SSSR count). The zero-order chi connectivity index (χ0) is 18.5. The summed E-state index contributed by atoms with van der Waals surface area (Å²) in [6.07, 6.45) is 3.23. The van der Waals surface area contributed by atoms with Gasteiger partial charge in [-0.2, -0.15) is 10.2 Å². The van der Waals surface area contributed by atoms with E-state index < -0.39 is 0 Å². The quantitative estimate of drug-likeness (QED) is 0.547. The summed E-state index contributed by atoms with van der Waals surface area (Å²) in [4.78, 5) is 12.2. The molecule has 3 aromatic rings. The highest BCUT2D eigenvalue weighted by Gasteiger charge is 2.08. The molecule has 0 saturated carbocycles. The van der Waals surface area contributed by atoms with Crippen LogP contribution in [-0.4, -0.2) is 29.4 Å². The molecule has 0 aliphatic rings. The van der Waals surface area contributed by atoms with Crippen LogP contribution in [0.4, 0.5) is 0 Å². The van der Waals surface area contributed by atoms with Crippen LogP contribution in [0.5, 0.6) is 5.75 Å². The van der Waals surface area contributed by atoms with Gasteiger partial charge < -0.3 is 4.74 Å². The zero-order valence-electron chi connectivity index (χ0n) is 14.9. The summed E-state index contributed by atoms with van der Waals surface area (Å²) in [6, 6.07) is 13.3. The van der Waals surface area contributed by atoms with Crippen molar-refractivity contribution in [3.8, 4) is 17.0 Å². The number of benzene rings is 2. The Morgan fingerprint density at radius 3 is 2.50 bits per heavy atom. The molecule has 6 nitrogen and oxygen atoms in total. The number of amides is 1. The lowest BCUT2D eigenvalue weighted by molar-refractivity contribution is 0.0955. The molecular weight excluding hydrogens is 328 g/mol. The molecule has 2 aromatic carbocycles. The minimum absolute atomic E-state index is 0.248. The normalized spacial score (nSPS) is 10.9. The maximum absolute atomic E-state index is 12.2. The van der Waals surface area contributed by atoms with Gasteiger partial charge in [-0.25, -0.2) is 5.43 Å². The van der Waals surface area contributed by atoms with Gasteiger partial charge in [0.05, 0.1) is 25.2 Å². The van der Waals surface area contributed by atoms with Gasteiger partial charge in [-0.1, -0.05) is 17.2 Å². The second kappa shape index (κ2) is 7.65. The number of aryl methyl sites for hydroxylation is 2. The summed E-state index contributed by atoms with van der Waals surface area (Å²) in [7, 11) is 1.63. The summed E-state index contributed by atoms with van der Waals surface area (Å²) >= 11 is 0. The van der Waals surface area contributed by atoms with E-state index >= 15 is 0 Å². The topological polar surface area (TPSA) is 79.4 Å². The maximum Gasteiger partial charge on any atom is 0.271 e. The number of ether oxygens (including phenoxy) is 1. The van der Waals surface area contributed by atoms with Gasteiger partial charge in [-0.05, 0) is 50.2 Å². The molecule has 0 bridgehead atoms. The van der Waals surface area contributed by atoms with E-state index in [2.05, 4.69) is 20.7 Å². The van der Waals surface area contributed by atoms with Crippen molar-refractivity contribution in [1.82, 2.24) is 15.6 Å². The average Bonchev–Trinajstić information content (AvgIpc) is 3.09. The Morgan fingerprint density at radius 2 is 1.85 bits per heavy atom. The molecule has 0 aliphatic heterocycles. The van der Waals surface area contributed by atoms with Crippen molar-refractivity contribution in [3.05, 3.63) is 70.9 Å². The number of carbonyl (C=O) groups is 1. The van der Waals surface area contributed by atoms with E-state index in [0.29, 0.717) is 5.56 Å². The first-order valence-corrected chi connectivity index (χ1v) is 8.16. The number of carbonyl (C=O) groups excluding carboxylic acids is 1. The molecule has 6 heteroatoms. The number of hydrogen-bond acceptors (Lipinski definition) is 4. The van der Waals surface area contributed by atoms with Gasteiger partial charge in [0, 0.05) is 16.7 Å². The molecule has 0 atom stereocenters. The molecule has 0 radical (unpaired) electrons. The molecular formula is C20H20N4O2. The van der Waals surface area contributed by atoms with Crippen LogP contribution in [0.25, 0.3) is 11.3 Å². The number of hydrogen-bond donors (Lipinski definition) is 2. The van der Waals surface area contributed by atoms with Crippen LogP contribution >= 0.6 is 0 Å². The van der Waals surface area contributed by atoms with Crippen molar-refractivity contribution in [2.75, 3.05) is 7.11 Å². The number of aromatic amines is 1. The van der Waals surface area contributed by atoms with Crippen molar-refractivity contribution in [2.45, 2.75) is 13.8 Å². The van der Waals surface area contributed by atoms with Gasteiger partial charge in [-0.15, -0.1) is 0 Å². The number of nitrogens with zero attached hydrogens (tertiary/aromatic N) is 2. The van der Waals surface area contributed by atoms with Gasteiger partial charge in [0.25, 0.3) is 5.91 Å². The minimum Gasteiger partial charge on any atom is -0.497 e. The van der Waals surface area contributed by atoms with Crippen LogP contribution in [0.2, 0.25) is 0 Å². The molecule has 0 saturated heterocycles. The molecule has 26 heavy (non-hydrogen) atoms. The summed E-state index contributed by atoms with van der Waals surface area (Å²) < 4.78 is 5.17. The Labute approximate surface area is 151 Å². The lowest BCUT2D eigenvalue weighted by atomic mass is 10.1. The first-order valence-electron chi connectivity index (χ1n) is 8.16. The molecule has 1 amide bonds. The zero-order valence-corrected chi connectivity index (χ0v) is 14.9. The summed E-state index contributed by atoms with van der Waals surface area (Å²) in [6.45, 7) is 3.92. The van der Waals surface area contributed by atoms with E-state index in [4.69, 9.17) is 4.74 Å². The lowest BCUT2D eigenvalue weighted by Crippen LogP contribution is -2.17. The summed E-state index contributed by atoms with van der Waals surface area (Å²) in [5.74, 6) is 0.534. The van der Waals surface area contributed by atoms with Crippen molar-refractivity contribution >= 4 is 12.1 Å². The largest absolute Gasteiger partial charge is 0.497 e. The highest BCUT2D eigenvalue weighted by Crippen LogP contribution is 2.22. The number of H-pyrrole nitrogens is 1. The molecule has 0 spiro atoms. The summed E-state index contributed by atoms with van der Waals surface area (Å²) in [5.41, 5.74) is 7.76. The van der Waals surface area contributed by atoms with Crippen LogP contribution in [0.15, 0.2) is 53.8 Å². The van der Waals surface area contributed by atoms with E-state index in [1.54, 1.807) is 19.5 Å². The Balaban J connectivity index is 1.73. The smallest absolute Gasteiger partial charge is 0.271 e. The van der Waals surface area contributed by atoms with Crippen molar-refractivity contribution in [1.29, 1.82) is 0 Å². The Morgan fingerprint density at radius 1 is 1.15 bits per heavy atom. The predicted molar refractivity (Wildman–Crippen MR) is 102 cm³/mol. The molecule has 0 fully saturated rings. The van der Waals surface area contributed by atoms with Gasteiger partial charge >= 0.3 is 0 Å². The Bertz CT molecular complexity index is 922. The molecule has 1 heterocycles. The van der Waals surface area contributed by atoms with Crippen LogP contribution in [0.1, 0.15) is 27.0 Å². The standard InChI is InChI=1S/C20H20N4O2/c1-13-8-14(2)10-16(9-13)20(25)24-22-12-17-11-21-23-19(17)15-4-6-18(26-3)7-5-15/h4-12H,1-3H3,(H,21,23)(H,24,25)/b22-12-. The molecule has 0 aliphatic carbocycles. The molecule has 132 valence electrons. The third-order valence-corrected chi connectivity index (χ3v) is 3.90. The number of nitrogens with one attached hydrogen (secondary N) is 2. The van der Waals surface area contributed by atoms with Gasteiger partial charge in [0.1, 0.15) is 5.75 Å². The van der Waals surface area contributed by atoms with E-state index in [-0.39, 0.29) is 5.91 Å². The van der Waals surface area contributed by atoms with Gasteiger partial charge in [0.2, 0.25) is 0 Å². The van der Waals surface area contributed by atoms with Crippen molar-refractivity contribution in [3.63, 3.8) is 0 Å². The second-order valence-electron chi connectivity index (χ2n) is 6.00. The Hall–Kier alpha value is -3.41. The fourth-order valence-corrected chi connectivity index (χ4v) is 2.71. The monoisotopic (exact) mass is 348 g/mol. The SMILES string of the molecule is COc1ccc(-c2[nH]ncc2/C=N\NC(=O)c2cc(C)cc(C)c2)cc1. The number of rotatable bonds is 5. The van der Waals surface area contributed by atoms with Crippen molar-refractivity contribution < 1.29 is 9.53 Å². The third kappa shape index (κ3) is 3.97. The number of hydrazone groups is 1. The second-order valence-corrected chi connectivity index (χ2v) is 6.00. The maximum atomic E-state index is 12.2. The highest BCUT2D eigenvalue weighted by atomic mass is 16.5. The lowest BCUT2D eigenvalue weighted by Gasteiger charge is -2.04. The first-order chi connectivity index (χ1) is 12.6. The van der Waals surface area contributed by atoms with Crippen LogP contribution in [-0.2, 0) is 0 Å². The molecule has 0 unspecified atom stereocenters. The van der Waals surface area contributed by atoms with Crippen LogP contribution < -0.4 is 10.2 Å². The number of aromatic nitrogens is 2. The molecule has 2 N–H and O–H groups in total. The van der Waals surface area contributed by atoms with Gasteiger partial charge in [-0.3, -0.25) is 9.89 Å². The number of methoxy groups -OCH3 is 1. The van der Waals surface area contributed by atoms with E-state index in [9.17, 15) is 4.79 Å². The average molecular weight is 348 g/mol. The van der Waals surface area contributed by atoms with Crippen LogP contribution in [0.3, 0.4) is 0 Å². The summed E-state index contributed by atoms with van der Waals surface area (Å²) in [5, 5.41) is 11.1.